The van der Waals surface area contributed by atoms with Crippen molar-refractivity contribution in [2.45, 2.75) is 65.1 Å². The quantitative estimate of drug-likeness (QED) is 0.836. The molecule has 2 aliphatic rings. The van der Waals surface area contributed by atoms with Crippen LogP contribution in [-0.4, -0.2) is 48.9 Å². The summed E-state index contributed by atoms with van der Waals surface area (Å²) >= 11 is 0. The molecule has 156 valence electrons. The molecule has 1 N–H and O–H groups in total. The van der Waals surface area contributed by atoms with E-state index in [-0.39, 0.29) is 17.9 Å². The summed E-state index contributed by atoms with van der Waals surface area (Å²) in [6.45, 7) is 6.09. The minimum atomic E-state index is -0.106. The van der Waals surface area contributed by atoms with Gasteiger partial charge in [-0.3, -0.25) is 19.0 Å². The van der Waals surface area contributed by atoms with E-state index in [1.165, 1.54) is 0 Å². The van der Waals surface area contributed by atoms with Gasteiger partial charge in [-0.1, -0.05) is 26.7 Å². The van der Waals surface area contributed by atoms with Crippen LogP contribution in [0.25, 0.3) is 0 Å². The molecule has 2 aromatic heterocycles. The van der Waals surface area contributed by atoms with E-state index in [0.717, 1.165) is 43.5 Å². The van der Waals surface area contributed by atoms with Gasteiger partial charge in [-0.15, -0.1) is 0 Å². The lowest BCUT2D eigenvalue weighted by Gasteiger charge is -2.28. The summed E-state index contributed by atoms with van der Waals surface area (Å²) in [5, 5.41) is 12.0. The highest BCUT2D eigenvalue weighted by Gasteiger charge is 2.32. The number of amides is 2. The van der Waals surface area contributed by atoms with Gasteiger partial charge in [0.2, 0.25) is 0 Å². The van der Waals surface area contributed by atoms with Crippen molar-refractivity contribution in [3.63, 3.8) is 0 Å². The van der Waals surface area contributed by atoms with Crippen molar-refractivity contribution in [1.29, 1.82) is 0 Å². The number of nitrogens with one attached hydrogen (secondary N) is 1. The third kappa shape index (κ3) is 3.93. The molecule has 3 heterocycles. The van der Waals surface area contributed by atoms with Gasteiger partial charge in [0.05, 0.1) is 6.54 Å². The van der Waals surface area contributed by atoms with Crippen molar-refractivity contribution < 1.29 is 9.59 Å². The zero-order valence-corrected chi connectivity index (χ0v) is 17.5. The maximum atomic E-state index is 13.0. The van der Waals surface area contributed by atoms with Crippen LogP contribution < -0.4 is 5.32 Å². The third-order valence-corrected chi connectivity index (χ3v) is 5.90. The second-order valence-corrected chi connectivity index (χ2v) is 8.62. The van der Waals surface area contributed by atoms with E-state index in [4.69, 9.17) is 5.10 Å². The van der Waals surface area contributed by atoms with Crippen LogP contribution in [0, 0.1) is 5.92 Å². The molecule has 4 rings (SSSR count). The molecular formula is C21H30N6O2. The Morgan fingerprint density at radius 1 is 1.28 bits per heavy atom. The molecule has 0 unspecified atom stereocenters. The summed E-state index contributed by atoms with van der Waals surface area (Å²) in [5.41, 5.74) is 3.02. The highest BCUT2D eigenvalue weighted by molar-refractivity contribution is 5.95. The van der Waals surface area contributed by atoms with E-state index in [0.29, 0.717) is 36.8 Å². The summed E-state index contributed by atoms with van der Waals surface area (Å²) in [7, 11) is 1.77. The van der Waals surface area contributed by atoms with Crippen LogP contribution in [0.15, 0.2) is 12.3 Å². The Hall–Kier alpha value is -2.64. The van der Waals surface area contributed by atoms with E-state index < -0.39 is 0 Å². The number of fused-ring (bicyclic) bond motifs is 1. The fourth-order valence-electron chi connectivity index (χ4n) is 4.41. The van der Waals surface area contributed by atoms with Gasteiger partial charge in [-0.25, -0.2) is 0 Å². The maximum Gasteiger partial charge on any atom is 0.272 e. The Morgan fingerprint density at radius 2 is 2.03 bits per heavy atom. The maximum absolute atomic E-state index is 13.0. The van der Waals surface area contributed by atoms with Crippen molar-refractivity contribution in [2.24, 2.45) is 13.0 Å². The molecule has 29 heavy (non-hydrogen) atoms. The van der Waals surface area contributed by atoms with Crippen LogP contribution in [0.3, 0.4) is 0 Å². The lowest BCUT2D eigenvalue weighted by Crippen LogP contribution is -2.38. The topological polar surface area (TPSA) is 85.1 Å². The Balaban J connectivity index is 1.61. The number of nitrogens with zero attached hydrogens (tertiary/aromatic N) is 5. The largest absolute Gasteiger partial charge is 0.348 e. The zero-order valence-electron chi connectivity index (χ0n) is 17.5. The summed E-state index contributed by atoms with van der Waals surface area (Å²) in [5.74, 6) is 0.263. The van der Waals surface area contributed by atoms with E-state index in [1.807, 2.05) is 4.68 Å². The van der Waals surface area contributed by atoms with Gasteiger partial charge in [0.1, 0.15) is 5.69 Å². The normalized spacial score (nSPS) is 17.0. The molecular weight excluding hydrogens is 368 g/mol. The zero-order chi connectivity index (χ0) is 20.5. The molecule has 0 bridgehead atoms. The molecule has 0 aromatic carbocycles. The van der Waals surface area contributed by atoms with E-state index >= 15 is 0 Å². The molecule has 1 fully saturated rings. The third-order valence-electron chi connectivity index (χ3n) is 5.90. The standard InChI is InChI=1S/C21H30N6O2/c1-14(2)12-27-17-9-11-26(21(29)18-8-10-22-25(18)3)13-16(17)19(24-27)20(28)23-15-6-4-5-7-15/h8,10,14-15H,4-7,9,11-13H2,1-3H3,(H,23,28). The number of hydrogen-bond donors (Lipinski definition) is 1. The number of rotatable bonds is 5. The molecule has 1 saturated carbocycles. The van der Waals surface area contributed by atoms with Crippen LogP contribution in [0.2, 0.25) is 0 Å². The molecule has 1 aliphatic carbocycles. The van der Waals surface area contributed by atoms with Crippen molar-refractivity contribution in [2.75, 3.05) is 6.54 Å². The molecule has 0 saturated heterocycles. The fraction of sp³-hybridized carbons (Fsp3) is 0.619. The Bertz CT molecular complexity index is 906. The fourth-order valence-corrected chi connectivity index (χ4v) is 4.41. The predicted octanol–water partition coefficient (Wildman–Crippen LogP) is 2.14. The van der Waals surface area contributed by atoms with Crippen molar-refractivity contribution in [3.05, 3.63) is 34.9 Å². The molecule has 1 aliphatic heterocycles. The first-order valence-corrected chi connectivity index (χ1v) is 10.6. The van der Waals surface area contributed by atoms with Crippen LogP contribution >= 0.6 is 0 Å². The lowest BCUT2D eigenvalue weighted by atomic mass is 10.0. The van der Waals surface area contributed by atoms with Crippen LogP contribution in [-0.2, 0) is 26.6 Å². The van der Waals surface area contributed by atoms with Gasteiger partial charge >= 0.3 is 0 Å². The van der Waals surface area contributed by atoms with Crippen molar-refractivity contribution in [1.82, 2.24) is 29.8 Å². The molecule has 8 nitrogen and oxygen atoms in total. The van der Waals surface area contributed by atoms with Gasteiger partial charge in [-0.05, 0) is 24.8 Å². The SMILES string of the molecule is CC(C)Cn1nc(C(=O)NC2CCCC2)c2c1CCN(C(=O)c1ccnn1C)C2. The molecule has 0 radical (unpaired) electrons. The molecule has 2 amide bonds. The second-order valence-electron chi connectivity index (χ2n) is 8.62. The highest BCUT2D eigenvalue weighted by Crippen LogP contribution is 2.26. The van der Waals surface area contributed by atoms with Gasteiger partial charge in [-0.2, -0.15) is 10.2 Å². The predicted molar refractivity (Wildman–Crippen MR) is 108 cm³/mol. The Kier molecular flexibility index (Phi) is 5.43. The van der Waals surface area contributed by atoms with Gasteiger partial charge in [0.25, 0.3) is 11.8 Å². The lowest BCUT2D eigenvalue weighted by molar-refractivity contribution is 0.0719. The van der Waals surface area contributed by atoms with E-state index in [2.05, 4.69) is 24.3 Å². The summed E-state index contributed by atoms with van der Waals surface area (Å²) in [6, 6.07) is 1.97. The second kappa shape index (κ2) is 8.00. The minimum Gasteiger partial charge on any atom is -0.348 e. The number of carbonyl (C=O) groups is 2. The molecule has 2 aromatic rings. The van der Waals surface area contributed by atoms with E-state index in [9.17, 15) is 9.59 Å². The number of aryl methyl sites for hydroxylation is 1. The summed E-state index contributed by atoms with van der Waals surface area (Å²) < 4.78 is 3.57. The summed E-state index contributed by atoms with van der Waals surface area (Å²) in [4.78, 5) is 27.8. The Labute approximate surface area is 171 Å². The van der Waals surface area contributed by atoms with Crippen LogP contribution in [0.4, 0.5) is 0 Å². The smallest absolute Gasteiger partial charge is 0.272 e. The minimum absolute atomic E-state index is 0.0607. The summed E-state index contributed by atoms with van der Waals surface area (Å²) in [6.07, 6.45) is 6.73. The highest BCUT2D eigenvalue weighted by atomic mass is 16.2. The first-order valence-electron chi connectivity index (χ1n) is 10.6. The number of carbonyl (C=O) groups excluding carboxylic acids is 2. The number of aromatic nitrogens is 4. The number of hydrogen-bond acceptors (Lipinski definition) is 4. The first-order chi connectivity index (χ1) is 13.9. The van der Waals surface area contributed by atoms with Crippen molar-refractivity contribution in [3.8, 4) is 0 Å². The molecule has 8 heteroatoms. The monoisotopic (exact) mass is 398 g/mol. The van der Waals surface area contributed by atoms with Gasteiger partial charge in [0, 0.05) is 50.1 Å². The van der Waals surface area contributed by atoms with E-state index in [1.54, 1.807) is 28.9 Å². The first kappa shape index (κ1) is 19.7. The Morgan fingerprint density at radius 3 is 2.69 bits per heavy atom. The average Bonchev–Trinajstić information content (AvgIpc) is 3.41. The average molecular weight is 399 g/mol. The van der Waals surface area contributed by atoms with Crippen LogP contribution in [0.5, 0.6) is 0 Å². The van der Waals surface area contributed by atoms with Crippen LogP contribution in [0.1, 0.15) is 71.8 Å². The molecule has 0 spiro atoms. The van der Waals surface area contributed by atoms with Gasteiger partial charge in [0.15, 0.2) is 5.69 Å². The van der Waals surface area contributed by atoms with Gasteiger partial charge < -0.3 is 10.2 Å². The molecule has 0 atom stereocenters. The van der Waals surface area contributed by atoms with Crippen molar-refractivity contribution >= 4 is 11.8 Å².